The number of fused-ring (bicyclic) bond motifs is 4. The van der Waals surface area contributed by atoms with Gasteiger partial charge in [0.15, 0.2) is 5.78 Å². The van der Waals surface area contributed by atoms with Crippen LogP contribution in [-0.4, -0.2) is 42.3 Å². The van der Waals surface area contributed by atoms with Crippen LogP contribution in [0.2, 0.25) is 0 Å². The van der Waals surface area contributed by atoms with Crippen molar-refractivity contribution < 1.29 is 16.4 Å². The molecule has 2 saturated carbocycles. The number of hydrogen-bond acceptors (Lipinski definition) is 4. The van der Waals surface area contributed by atoms with Gasteiger partial charge in [0.05, 0.1) is 12.2 Å². The van der Waals surface area contributed by atoms with Crippen molar-refractivity contribution in [2.75, 3.05) is 25.6 Å². The minimum Gasteiger partial charge on any atom is -0.392 e. The Labute approximate surface area is 199 Å². The fourth-order valence-corrected chi connectivity index (χ4v) is 7.52. The van der Waals surface area contributed by atoms with Crippen LogP contribution in [0, 0.1) is 17.3 Å². The van der Waals surface area contributed by atoms with Gasteiger partial charge in [0.1, 0.15) is 0 Å². The van der Waals surface area contributed by atoms with Gasteiger partial charge in [0.2, 0.25) is 0 Å². The first-order valence-electron chi connectivity index (χ1n) is 12.5. The van der Waals surface area contributed by atoms with Crippen LogP contribution in [0.1, 0.15) is 64.8 Å². The molecule has 2 N–H and O–H groups in total. The molecule has 4 aliphatic carbocycles. The van der Waals surface area contributed by atoms with Crippen molar-refractivity contribution in [1.29, 1.82) is 0 Å². The van der Waals surface area contributed by atoms with Crippen LogP contribution in [0.25, 0.3) is 0 Å². The third kappa shape index (κ3) is 3.54. The van der Waals surface area contributed by atoms with E-state index in [0.29, 0.717) is 18.3 Å². The molecule has 0 amide bonds. The number of nitrogens with zero attached hydrogens (tertiary/aromatic N) is 1. The lowest BCUT2D eigenvalue weighted by atomic mass is 9.51. The number of aliphatic hydroxyl groups excluding tert-OH is 1. The van der Waals surface area contributed by atoms with Crippen molar-refractivity contribution in [2.24, 2.45) is 17.3 Å². The Hall–Kier alpha value is -2.17. The van der Waals surface area contributed by atoms with Gasteiger partial charge in [-0.3, -0.25) is 4.79 Å². The topological polar surface area (TPSA) is 60.8 Å². The van der Waals surface area contributed by atoms with E-state index in [9.17, 15) is 15.0 Å². The van der Waals surface area contributed by atoms with E-state index in [0.717, 1.165) is 38.5 Å². The summed E-state index contributed by atoms with van der Waals surface area (Å²) in [5.74, 6) is 1.38. The Morgan fingerprint density at radius 2 is 1.91 bits per heavy atom. The van der Waals surface area contributed by atoms with E-state index in [1.165, 1.54) is 22.4 Å². The lowest BCUT2D eigenvalue weighted by Gasteiger charge is -2.54. The highest BCUT2D eigenvalue weighted by Gasteiger charge is 2.61. The number of carbonyl (C=O) groups is 1. The highest BCUT2D eigenvalue weighted by atomic mass is 16.3. The zero-order valence-electron chi connectivity index (χ0n) is 20.2. The van der Waals surface area contributed by atoms with E-state index in [1.807, 2.05) is 12.2 Å². The normalized spacial score (nSPS) is 35.8. The molecule has 4 nitrogen and oxygen atoms in total. The minimum atomic E-state index is -0.892. The Bertz CT molecular complexity index is 1040. The number of allylic oxidation sites excluding steroid dienone is 4. The number of rotatable bonds is 4. The Balaban J connectivity index is 0.00000274. The first-order valence-corrected chi connectivity index (χ1v) is 12.5. The van der Waals surface area contributed by atoms with E-state index < -0.39 is 5.60 Å². The average molecular weight is 450 g/mol. The summed E-state index contributed by atoms with van der Waals surface area (Å²) in [4.78, 5) is 14.3. The second-order valence-electron chi connectivity index (χ2n) is 11.0. The van der Waals surface area contributed by atoms with Gasteiger partial charge in [0, 0.05) is 39.0 Å². The Morgan fingerprint density at radius 3 is 2.61 bits per heavy atom. The number of carbonyl (C=O) groups excluding carboxylic acids is 1. The predicted molar refractivity (Wildman–Crippen MR) is 134 cm³/mol. The SMILES string of the molecule is CN(C)c1ccc([C@H]2C[C@@]3(C)[C@@H](CC[C@@]3(O)/C=C\CO)[C@@H]3CCC4=CC(=O)CCC4=C32)cc1.[HH]. The van der Waals surface area contributed by atoms with Gasteiger partial charge in [-0.1, -0.05) is 36.8 Å². The molecule has 0 aromatic heterocycles. The van der Waals surface area contributed by atoms with Gasteiger partial charge in [-0.2, -0.15) is 0 Å². The average Bonchev–Trinajstić information content (AvgIpc) is 3.07. The molecular formula is C29H39NO3. The molecule has 0 bridgehead atoms. The van der Waals surface area contributed by atoms with Crippen LogP contribution in [-0.2, 0) is 4.79 Å². The lowest BCUT2D eigenvalue weighted by Crippen LogP contribution is -2.50. The molecule has 0 saturated heterocycles. The summed E-state index contributed by atoms with van der Waals surface area (Å²) < 4.78 is 0. The third-order valence-electron chi connectivity index (χ3n) is 9.26. The number of hydrogen-bond donors (Lipinski definition) is 2. The number of ketones is 1. The minimum absolute atomic E-state index is 0. The van der Waals surface area contributed by atoms with Crippen molar-refractivity contribution in [3.63, 3.8) is 0 Å². The van der Waals surface area contributed by atoms with E-state index in [1.54, 1.807) is 11.6 Å². The van der Waals surface area contributed by atoms with Crippen molar-refractivity contribution in [3.05, 3.63) is 64.8 Å². The molecule has 2 fully saturated rings. The first-order chi connectivity index (χ1) is 15.8. The summed E-state index contributed by atoms with van der Waals surface area (Å²) in [5.41, 5.74) is 5.62. The monoisotopic (exact) mass is 449 g/mol. The molecule has 0 aliphatic heterocycles. The van der Waals surface area contributed by atoms with Gasteiger partial charge in [0.25, 0.3) is 0 Å². The van der Waals surface area contributed by atoms with E-state index in [2.05, 4.69) is 50.2 Å². The van der Waals surface area contributed by atoms with Gasteiger partial charge in [-0.15, -0.1) is 0 Å². The summed E-state index contributed by atoms with van der Waals surface area (Å²) in [6, 6.07) is 8.91. The first kappa shape index (κ1) is 22.6. The Morgan fingerprint density at radius 1 is 1.15 bits per heavy atom. The maximum Gasteiger partial charge on any atom is 0.156 e. The van der Waals surface area contributed by atoms with E-state index in [4.69, 9.17) is 0 Å². The van der Waals surface area contributed by atoms with Gasteiger partial charge < -0.3 is 15.1 Å². The van der Waals surface area contributed by atoms with Crippen LogP contribution in [0.15, 0.2) is 59.2 Å². The second kappa shape index (κ2) is 8.25. The fourth-order valence-electron chi connectivity index (χ4n) is 7.52. The van der Waals surface area contributed by atoms with E-state index >= 15 is 0 Å². The molecule has 4 heteroatoms. The molecule has 0 unspecified atom stereocenters. The second-order valence-corrected chi connectivity index (χ2v) is 11.0. The van der Waals surface area contributed by atoms with Crippen molar-refractivity contribution in [2.45, 2.75) is 63.4 Å². The standard InChI is InChI=1S/C29H37NO3.H2/c1-28-18-25(19-5-8-21(9-6-19)30(2)3)27-23-12-10-22(32)17-20(23)7-11-24(27)26(28)13-15-29(28,33)14-4-16-31;/h4-6,8-9,14,17,24-26,31,33H,7,10-13,15-16,18H2,1-3H3;1H/b14-4-;/t24-,25+,26-,28-,29-;/m0./s1. The number of anilines is 1. The highest BCUT2D eigenvalue weighted by molar-refractivity contribution is 5.93. The number of benzene rings is 1. The van der Waals surface area contributed by atoms with Crippen molar-refractivity contribution in [1.82, 2.24) is 0 Å². The molecule has 0 radical (unpaired) electrons. The van der Waals surface area contributed by atoms with Crippen LogP contribution in [0.5, 0.6) is 0 Å². The molecule has 1 aromatic rings. The summed E-state index contributed by atoms with van der Waals surface area (Å²) in [6.07, 6.45) is 11.7. The summed E-state index contributed by atoms with van der Waals surface area (Å²) >= 11 is 0. The summed E-state index contributed by atoms with van der Waals surface area (Å²) in [7, 11) is 4.12. The van der Waals surface area contributed by atoms with Crippen molar-refractivity contribution in [3.8, 4) is 0 Å². The molecule has 0 heterocycles. The Kier molecular flexibility index (Phi) is 5.65. The smallest absolute Gasteiger partial charge is 0.156 e. The number of aliphatic hydroxyl groups is 2. The molecule has 5 atom stereocenters. The van der Waals surface area contributed by atoms with Crippen LogP contribution < -0.4 is 4.90 Å². The van der Waals surface area contributed by atoms with Gasteiger partial charge in [-0.25, -0.2) is 0 Å². The summed E-state index contributed by atoms with van der Waals surface area (Å²) in [6.45, 7) is 2.24. The quantitative estimate of drug-likeness (QED) is 0.622. The lowest BCUT2D eigenvalue weighted by molar-refractivity contribution is -0.114. The molecule has 178 valence electrons. The maximum atomic E-state index is 12.2. The fraction of sp³-hybridized carbons (Fsp3) is 0.552. The molecule has 1 aromatic carbocycles. The van der Waals surface area contributed by atoms with Crippen molar-refractivity contribution >= 4 is 11.5 Å². The molecule has 4 aliphatic rings. The third-order valence-corrected chi connectivity index (χ3v) is 9.26. The largest absolute Gasteiger partial charge is 0.392 e. The maximum absolute atomic E-state index is 12.2. The van der Waals surface area contributed by atoms with Crippen LogP contribution >= 0.6 is 0 Å². The zero-order chi connectivity index (χ0) is 23.4. The van der Waals surface area contributed by atoms with Gasteiger partial charge >= 0.3 is 0 Å². The zero-order valence-corrected chi connectivity index (χ0v) is 20.2. The molecular weight excluding hydrogens is 410 g/mol. The summed E-state index contributed by atoms with van der Waals surface area (Å²) in [5, 5.41) is 21.3. The molecule has 0 spiro atoms. The van der Waals surface area contributed by atoms with E-state index in [-0.39, 0.29) is 25.1 Å². The van der Waals surface area contributed by atoms with Gasteiger partial charge in [-0.05, 0) is 85.3 Å². The molecule has 33 heavy (non-hydrogen) atoms. The predicted octanol–water partition coefficient (Wildman–Crippen LogP) is 5.18. The molecule has 5 rings (SSSR count). The highest BCUT2D eigenvalue weighted by Crippen LogP contribution is 2.67. The van der Waals surface area contributed by atoms with Crippen LogP contribution in [0.3, 0.4) is 0 Å². The van der Waals surface area contributed by atoms with Crippen LogP contribution in [0.4, 0.5) is 5.69 Å².